The molecule has 9 nitrogen and oxygen atoms in total. The molecule has 0 radical (unpaired) electrons. The SMILES string of the molecule is O=C(CN1CCN(C(=O)c2c[nH]c3ccc([N+](=O)[O-])cc23)CC1)N1CCCCCC1. The minimum Gasteiger partial charge on any atom is -0.360 e. The molecular weight excluding hydrogens is 386 g/mol. The van der Waals surface area contributed by atoms with Crippen LogP contribution in [0.2, 0.25) is 0 Å². The quantitative estimate of drug-likeness (QED) is 0.612. The first kappa shape index (κ1) is 20.3. The Kier molecular flexibility index (Phi) is 5.98. The second-order valence-electron chi connectivity index (χ2n) is 8.05. The van der Waals surface area contributed by atoms with E-state index < -0.39 is 4.92 Å². The van der Waals surface area contributed by atoms with Crippen molar-refractivity contribution in [1.82, 2.24) is 19.7 Å². The fourth-order valence-corrected chi connectivity index (χ4v) is 4.29. The van der Waals surface area contributed by atoms with Crippen molar-refractivity contribution in [1.29, 1.82) is 0 Å². The Bertz CT molecular complexity index is 940. The van der Waals surface area contributed by atoms with Crippen LogP contribution in [0.3, 0.4) is 0 Å². The van der Waals surface area contributed by atoms with E-state index in [1.165, 1.54) is 25.0 Å². The molecule has 0 atom stereocenters. The molecule has 0 bridgehead atoms. The van der Waals surface area contributed by atoms with Crippen molar-refractivity contribution in [3.63, 3.8) is 0 Å². The van der Waals surface area contributed by atoms with Crippen LogP contribution in [0.25, 0.3) is 10.9 Å². The number of non-ortho nitro benzene ring substituents is 1. The highest BCUT2D eigenvalue weighted by Gasteiger charge is 2.26. The van der Waals surface area contributed by atoms with Gasteiger partial charge >= 0.3 is 0 Å². The van der Waals surface area contributed by atoms with Gasteiger partial charge in [-0.25, -0.2) is 0 Å². The van der Waals surface area contributed by atoms with Crippen molar-refractivity contribution in [3.05, 3.63) is 40.1 Å². The molecule has 9 heteroatoms. The van der Waals surface area contributed by atoms with E-state index in [1.807, 2.05) is 4.90 Å². The topological polar surface area (TPSA) is 103 Å². The van der Waals surface area contributed by atoms with Crippen molar-refractivity contribution in [2.75, 3.05) is 45.8 Å². The molecule has 30 heavy (non-hydrogen) atoms. The summed E-state index contributed by atoms with van der Waals surface area (Å²) in [5, 5.41) is 11.6. The summed E-state index contributed by atoms with van der Waals surface area (Å²) in [4.78, 5) is 45.1. The Morgan fingerprint density at radius 1 is 0.967 bits per heavy atom. The maximum Gasteiger partial charge on any atom is 0.270 e. The number of carbonyl (C=O) groups excluding carboxylic acids is 2. The second-order valence-corrected chi connectivity index (χ2v) is 8.05. The van der Waals surface area contributed by atoms with Crippen LogP contribution in [0.4, 0.5) is 5.69 Å². The third-order valence-corrected chi connectivity index (χ3v) is 6.08. The van der Waals surface area contributed by atoms with Crippen LogP contribution < -0.4 is 0 Å². The Hall–Kier alpha value is -2.94. The number of H-pyrrole nitrogens is 1. The molecule has 2 saturated heterocycles. The molecule has 0 saturated carbocycles. The molecule has 160 valence electrons. The van der Waals surface area contributed by atoms with E-state index >= 15 is 0 Å². The third kappa shape index (κ3) is 4.30. The van der Waals surface area contributed by atoms with E-state index in [1.54, 1.807) is 17.2 Å². The Labute approximate surface area is 174 Å². The number of nitrogens with one attached hydrogen (secondary N) is 1. The molecule has 1 N–H and O–H groups in total. The van der Waals surface area contributed by atoms with Crippen LogP contribution >= 0.6 is 0 Å². The van der Waals surface area contributed by atoms with E-state index in [0.717, 1.165) is 25.9 Å². The molecule has 3 heterocycles. The lowest BCUT2D eigenvalue weighted by molar-refractivity contribution is -0.384. The molecule has 2 aliphatic heterocycles. The van der Waals surface area contributed by atoms with E-state index in [0.29, 0.717) is 49.2 Å². The average molecular weight is 413 g/mol. The summed E-state index contributed by atoms with van der Waals surface area (Å²) in [6, 6.07) is 4.49. The molecule has 4 rings (SSSR count). The minimum atomic E-state index is -0.458. The molecule has 0 spiro atoms. The van der Waals surface area contributed by atoms with Crippen LogP contribution in [0.5, 0.6) is 0 Å². The van der Waals surface area contributed by atoms with Crippen molar-refractivity contribution in [3.8, 4) is 0 Å². The van der Waals surface area contributed by atoms with Gasteiger partial charge in [-0.2, -0.15) is 0 Å². The molecule has 1 aromatic carbocycles. The number of fused-ring (bicyclic) bond motifs is 1. The normalized spacial score (nSPS) is 18.4. The summed E-state index contributed by atoms with van der Waals surface area (Å²) in [6.07, 6.45) is 6.17. The van der Waals surface area contributed by atoms with Gasteiger partial charge in [-0.15, -0.1) is 0 Å². The summed E-state index contributed by atoms with van der Waals surface area (Å²) >= 11 is 0. The molecule has 0 unspecified atom stereocenters. The molecule has 2 aromatic rings. The molecule has 2 fully saturated rings. The number of carbonyl (C=O) groups is 2. The number of hydrogen-bond acceptors (Lipinski definition) is 5. The largest absolute Gasteiger partial charge is 0.360 e. The van der Waals surface area contributed by atoms with Crippen molar-refractivity contribution in [2.45, 2.75) is 25.7 Å². The Morgan fingerprint density at radius 2 is 1.67 bits per heavy atom. The lowest BCUT2D eigenvalue weighted by Gasteiger charge is -2.35. The average Bonchev–Trinajstić information content (AvgIpc) is 2.97. The second kappa shape index (κ2) is 8.83. The summed E-state index contributed by atoms with van der Waals surface area (Å²) < 4.78 is 0. The van der Waals surface area contributed by atoms with Gasteiger partial charge in [0, 0.05) is 68.5 Å². The van der Waals surface area contributed by atoms with Gasteiger partial charge in [-0.05, 0) is 18.9 Å². The van der Waals surface area contributed by atoms with Gasteiger partial charge < -0.3 is 14.8 Å². The number of rotatable bonds is 4. The predicted molar refractivity (Wildman–Crippen MR) is 112 cm³/mol. The van der Waals surface area contributed by atoms with Crippen LogP contribution in [-0.4, -0.2) is 82.2 Å². The number of likely N-dealkylation sites (tertiary alicyclic amines) is 1. The number of aromatic nitrogens is 1. The zero-order chi connectivity index (χ0) is 21.1. The number of aromatic amines is 1. The number of nitro benzene ring substituents is 1. The first-order valence-corrected chi connectivity index (χ1v) is 10.6. The van der Waals surface area contributed by atoms with Crippen molar-refractivity contribution >= 4 is 28.4 Å². The number of piperazine rings is 1. The summed E-state index contributed by atoms with van der Waals surface area (Å²) in [7, 11) is 0. The maximum atomic E-state index is 13.0. The summed E-state index contributed by atoms with van der Waals surface area (Å²) in [5.41, 5.74) is 1.11. The first-order chi connectivity index (χ1) is 14.5. The van der Waals surface area contributed by atoms with Gasteiger partial charge in [-0.1, -0.05) is 12.8 Å². The van der Waals surface area contributed by atoms with Crippen molar-refractivity contribution in [2.24, 2.45) is 0 Å². The predicted octanol–water partition coefficient (Wildman–Crippen LogP) is 2.24. The number of nitro groups is 1. The van der Waals surface area contributed by atoms with Crippen LogP contribution in [0, 0.1) is 10.1 Å². The number of amides is 2. The zero-order valence-corrected chi connectivity index (χ0v) is 17.0. The first-order valence-electron chi connectivity index (χ1n) is 10.6. The summed E-state index contributed by atoms with van der Waals surface area (Å²) in [6.45, 7) is 4.47. The van der Waals surface area contributed by atoms with E-state index in [4.69, 9.17) is 0 Å². The van der Waals surface area contributed by atoms with Crippen LogP contribution in [-0.2, 0) is 4.79 Å². The highest BCUT2D eigenvalue weighted by molar-refractivity contribution is 6.07. The van der Waals surface area contributed by atoms with Gasteiger partial charge in [0.15, 0.2) is 0 Å². The van der Waals surface area contributed by atoms with E-state index in [2.05, 4.69) is 9.88 Å². The van der Waals surface area contributed by atoms with Crippen LogP contribution in [0.15, 0.2) is 24.4 Å². The van der Waals surface area contributed by atoms with Gasteiger partial charge in [0.25, 0.3) is 11.6 Å². The van der Waals surface area contributed by atoms with Crippen LogP contribution in [0.1, 0.15) is 36.0 Å². The zero-order valence-electron chi connectivity index (χ0n) is 17.0. The highest BCUT2D eigenvalue weighted by atomic mass is 16.6. The maximum absolute atomic E-state index is 13.0. The lowest BCUT2D eigenvalue weighted by Crippen LogP contribution is -2.51. The molecule has 2 amide bonds. The number of nitrogens with zero attached hydrogens (tertiary/aromatic N) is 4. The summed E-state index contributed by atoms with van der Waals surface area (Å²) in [5.74, 6) is 0.0425. The number of benzene rings is 1. The number of hydrogen-bond donors (Lipinski definition) is 1. The standard InChI is InChI=1S/C21H27N5O4/c27-20(24-7-3-1-2-4-8-24)15-23-9-11-25(12-10-23)21(28)18-14-22-19-6-5-16(26(29)30)13-17(18)19/h5-6,13-14,22H,1-4,7-12,15H2. The Morgan fingerprint density at radius 3 is 2.33 bits per heavy atom. The molecule has 0 aliphatic carbocycles. The smallest absolute Gasteiger partial charge is 0.270 e. The van der Waals surface area contributed by atoms with E-state index in [9.17, 15) is 19.7 Å². The van der Waals surface area contributed by atoms with E-state index in [-0.39, 0.29) is 17.5 Å². The molecule has 2 aliphatic rings. The highest BCUT2D eigenvalue weighted by Crippen LogP contribution is 2.25. The third-order valence-electron chi connectivity index (χ3n) is 6.08. The fraction of sp³-hybridized carbons (Fsp3) is 0.524. The van der Waals surface area contributed by atoms with Gasteiger partial charge in [0.05, 0.1) is 17.0 Å². The van der Waals surface area contributed by atoms with Crippen molar-refractivity contribution < 1.29 is 14.5 Å². The lowest BCUT2D eigenvalue weighted by atomic mass is 10.1. The monoisotopic (exact) mass is 413 g/mol. The fourth-order valence-electron chi connectivity index (χ4n) is 4.29. The molecular formula is C21H27N5O4. The minimum absolute atomic E-state index is 0.0343. The van der Waals surface area contributed by atoms with Gasteiger partial charge in [-0.3, -0.25) is 24.6 Å². The Balaban J connectivity index is 1.36. The van der Waals surface area contributed by atoms with Gasteiger partial charge in [0.1, 0.15) is 0 Å². The molecule has 1 aromatic heterocycles. The van der Waals surface area contributed by atoms with Gasteiger partial charge in [0.2, 0.25) is 5.91 Å².